The van der Waals surface area contributed by atoms with Crippen LogP contribution < -0.4 is 4.74 Å². The fourth-order valence-electron chi connectivity index (χ4n) is 2.99. The summed E-state index contributed by atoms with van der Waals surface area (Å²) >= 11 is 0. The van der Waals surface area contributed by atoms with Crippen LogP contribution in [0.3, 0.4) is 0 Å². The number of rotatable bonds is 4. The Labute approximate surface area is 137 Å². The summed E-state index contributed by atoms with van der Waals surface area (Å²) in [5.74, 6) is 1.44. The first-order valence-corrected chi connectivity index (χ1v) is 8.19. The summed E-state index contributed by atoms with van der Waals surface area (Å²) in [4.78, 5) is 14.5. The lowest BCUT2D eigenvalue weighted by Crippen LogP contribution is -2.28. The molecule has 1 atom stereocenters. The molecule has 1 amide bonds. The van der Waals surface area contributed by atoms with Gasteiger partial charge in [0, 0.05) is 18.7 Å². The third kappa shape index (κ3) is 3.92. The molecule has 3 nitrogen and oxygen atoms in total. The Morgan fingerprint density at radius 2 is 2.04 bits per heavy atom. The largest absolute Gasteiger partial charge is 0.489 e. The van der Waals surface area contributed by atoms with E-state index < -0.39 is 0 Å². The third-order valence-electron chi connectivity index (χ3n) is 4.28. The van der Waals surface area contributed by atoms with Crippen molar-refractivity contribution in [2.24, 2.45) is 5.92 Å². The highest BCUT2D eigenvalue weighted by Gasteiger charge is 2.24. The van der Waals surface area contributed by atoms with Gasteiger partial charge in [0.1, 0.15) is 12.4 Å². The van der Waals surface area contributed by atoms with E-state index in [2.05, 4.69) is 26.0 Å². The molecule has 23 heavy (non-hydrogen) atoms. The molecule has 0 saturated carbocycles. The minimum Gasteiger partial charge on any atom is -0.489 e. The van der Waals surface area contributed by atoms with Crippen molar-refractivity contribution < 1.29 is 9.53 Å². The summed E-state index contributed by atoms with van der Waals surface area (Å²) in [5, 5.41) is 0. The first-order chi connectivity index (χ1) is 11.1. The molecule has 0 aliphatic carbocycles. The van der Waals surface area contributed by atoms with Crippen molar-refractivity contribution in [3.63, 3.8) is 0 Å². The SMILES string of the molecule is Cc1cccc(COc2cccc(C(=O)N3CCC(C)C3)c2)c1. The van der Waals surface area contributed by atoms with E-state index in [1.807, 2.05) is 41.3 Å². The van der Waals surface area contributed by atoms with Gasteiger partial charge >= 0.3 is 0 Å². The molecule has 1 aliphatic heterocycles. The number of amides is 1. The van der Waals surface area contributed by atoms with E-state index in [0.29, 0.717) is 18.1 Å². The average Bonchev–Trinajstić information content (AvgIpc) is 2.99. The summed E-state index contributed by atoms with van der Waals surface area (Å²) in [6.07, 6.45) is 1.09. The standard InChI is InChI=1S/C20H23NO2/c1-15-5-3-6-17(11-15)14-23-19-8-4-7-18(12-19)20(22)21-10-9-16(2)13-21/h3-8,11-12,16H,9-10,13-14H2,1-2H3. The molecule has 0 radical (unpaired) electrons. The molecule has 1 fully saturated rings. The lowest BCUT2D eigenvalue weighted by atomic mass is 10.1. The fourth-order valence-corrected chi connectivity index (χ4v) is 2.99. The van der Waals surface area contributed by atoms with Crippen molar-refractivity contribution in [2.75, 3.05) is 13.1 Å². The Bertz CT molecular complexity index is 696. The molecule has 0 N–H and O–H groups in total. The van der Waals surface area contributed by atoms with Crippen molar-refractivity contribution in [3.8, 4) is 5.75 Å². The van der Waals surface area contributed by atoms with Crippen LogP contribution in [0.15, 0.2) is 48.5 Å². The van der Waals surface area contributed by atoms with E-state index in [-0.39, 0.29) is 5.91 Å². The van der Waals surface area contributed by atoms with Crippen molar-refractivity contribution in [1.82, 2.24) is 4.90 Å². The lowest BCUT2D eigenvalue weighted by Gasteiger charge is -2.16. The minimum absolute atomic E-state index is 0.107. The van der Waals surface area contributed by atoms with Crippen LogP contribution in [0, 0.1) is 12.8 Å². The molecule has 1 heterocycles. The van der Waals surface area contributed by atoms with Gasteiger partial charge in [0.15, 0.2) is 0 Å². The zero-order valence-electron chi connectivity index (χ0n) is 13.8. The van der Waals surface area contributed by atoms with Crippen LogP contribution in [0.25, 0.3) is 0 Å². The highest BCUT2D eigenvalue weighted by molar-refractivity contribution is 5.94. The van der Waals surface area contributed by atoms with E-state index in [1.54, 1.807) is 0 Å². The molecule has 120 valence electrons. The van der Waals surface area contributed by atoms with Crippen LogP contribution in [0.2, 0.25) is 0 Å². The second-order valence-electron chi connectivity index (χ2n) is 6.45. The van der Waals surface area contributed by atoms with Crippen LogP contribution in [-0.2, 0) is 6.61 Å². The van der Waals surface area contributed by atoms with Gasteiger partial charge in [-0.15, -0.1) is 0 Å². The molecule has 0 aromatic heterocycles. The number of nitrogens with zero attached hydrogens (tertiary/aromatic N) is 1. The highest BCUT2D eigenvalue weighted by atomic mass is 16.5. The van der Waals surface area contributed by atoms with Gasteiger partial charge < -0.3 is 9.64 Å². The summed E-state index contributed by atoms with van der Waals surface area (Å²) in [6, 6.07) is 15.8. The second kappa shape index (κ2) is 6.86. The molecule has 0 spiro atoms. The zero-order chi connectivity index (χ0) is 16.2. The molecule has 3 rings (SSSR count). The van der Waals surface area contributed by atoms with E-state index >= 15 is 0 Å². The highest BCUT2D eigenvalue weighted by Crippen LogP contribution is 2.21. The van der Waals surface area contributed by atoms with Crippen molar-refractivity contribution >= 4 is 5.91 Å². The number of ether oxygens (including phenoxy) is 1. The first-order valence-electron chi connectivity index (χ1n) is 8.19. The van der Waals surface area contributed by atoms with Gasteiger partial charge in [0.25, 0.3) is 5.91 Å². The number of carbonyl (C=O) groups is 1. The topological polar surface area (TPSA) is 29.5 Å². The molecule has 1 aliphatic rings. The zero-order valence-corrected chi connectivity index (χ0v) is 13.8. The number of hydrogen-bond donors (Lipinski definition) is 0. The Morgan fingerprint density at radius 1 is 1.22 bits per heavy atom. The van der Waals surface area contributed by atoms with Crippen LogP contribution in [0.1, 0.15) is 34.8 Å². The van der Waals surface area contributed by atoms with Crippen molar-refractivity contribution in [2.45, 2.75) is 26.9 Å². The summed E-state index contributed by atoms with van der Waals surface area (Å²) in [7, 11) is 0. The van der Waals surface area contributed by atoms with Crippen LogP contribution in [-0.4, -0.2) is 23.9 Å². The first kappa shape index (κ1) is 15.6. The summed E-state index contributed by atoms with van der Waals surface area (Å²) in [6.45, 7) is 6.48. The molecule has 2 aromatic carbocycles. The van der Waals surface area contributed by atoms with Crippen LogP contribution in [0.4, 0.5) is 0 Å². The van der Waals surface area contributed by atoms with E-state index in [1.165, 1.54) is 5.56 Å². The maximum absolute atomic E-state index is 12.5. The molecule has 1 saturated heterocycles. The van der Waals surface area contributed by atoms with Crippen molar-refractivity contribution in [1.29, 1.82) is 0 Å². The molecule has 1 unspecified atom stereocenters. The number of aryl methyl sites for hydroxylation is 1. The predicted octanol–water partition coefficient (Wildman–Crippen LogP) is 4.06. The average molecular weight is 309 g/mol. The van der Waals surface area contributed by atoms with E-state index in [4.69, 9.17) is 4.74 Å². The van der Waals surface area contributed by atoms with Crippen LogP contribution in [0.5, 0.6) is 5.75 Å². The van der Waals surface area contributed by atoms with Gasteiger partial charge in [0.05, 0.1) is 0 Å². The van der Waals surface area contributed by atoms with Gasteiger partial charge in [-0.25, -0.2) is 0 Å². The van der Waals surface area contributed by atoms with Crippen molar-refractivity contribution in [3.05, 3.63) is 65.2 Å². The third-order valence-corrected chi connectivity index (χ3v) is 4.28. The maximum atomic E-state index is 12.5. The molecule has 3 heteroatoms. The van der Waals surface area contributed by atoms with Gasteiger partial charge in [0.2, 0.25) is 0 Å². The molecule has 0 bridgehead atoms. The van der Waals surface area contributed by atoms with E-state index in [9.17, 15) is 4.79 Å². The van der Waals surface area contributed by atoms with Gasteiger partial charge in [-0.2, -0.15) is 0 Å². The lowest BCUT2D eigenvalue weighted by molar-refractivity contribution is 0.0787. The number of likely N-dealkylation sites (tertiary alicyclic amines) is 1. The van der Waals surface area contributed by atoms with Gasteiger partial charge in [-0.3, -0.25) is 4.79 Å². The van der Waals surface area contributed by atoms with Gasteiger partial charge in [-0.1, -0.05) is 42.8 Å². The Morgan fingerprint density at radius 3 is 2.78 bits per heavy atom. The second-order valence-corrected chi connectivity index (χ2v) is 6.45. The van der Waals surface area contributed by atoms with Gasteiger partial charge in [-0.05, 0) is 43.0 Å². The Balaban J connectivity index is 1.66. The normalized spacial score (nSPS) is 17.3. The minimum atomic E-state index is 0.107. The smallest absolute Gasteiger partial charge is 0.253 e. The fraction of sp³-hybridized carbons (Fsp3) is 0.350. The number of benzene rings is 2. The number of hydrogen-bond acceptors (Lipinski definition) is 2. The molecular weight excluding hydrogens is 286 g/mol. The Kier molecular flexibility index (Phi) is 4.65. The summed E-state index contributed by atoms with van der Waals surface area (Å²) < 4.78 is 5.85. The quantitative estimate of drug-likeness (QED) is 0.852. The Hall–Kier alpha value is -2.29. The summed E-state index contributed by atoms with van der Waals surface area (Å²) in [5.41, 5.74) is 3.06. The van der Waals surface area contributed by atoms with Crippen LogP contribution >= 0.6 is 0 Å². The van der Waals surface area contributed by atoms with E-state index in [0.717, 1.165) is 30.8 Å². The maximum Gasteiger partial charge on any atom is 0.253 e. The number of carbonyl (C=O) groups excluding carboxylic acids is 1. The monoisotopic (exact) mass is 309 g/mol. The molecular formula is C20H23NO2. The predicted molar refractivity (Wildman–Crippen MR) is 91.6 cm³/mol. The molecule has 2 aromatic rings.